The molecule has 92 valence electrons. The van der Waals surface area contributed by atoms with E-state index in [4.69, 9.17) is 0 Å². The molecule has 1 nitrogen and oxygen atoms in total. The van der Waals surface area contributed by atoms with Crippen LogP contribution in [0.4, 0.5) is 0 Å². The standard InChI is InChI=1S/C10H18N.C3H6.V.Y/c1-2-5-10-8-11-7-3-6-9(10)4-1;1-3-2;;/h9-10H,1-8H2;1-3H2;;/q-1;-2;;. The zero-order valence-corrected chi connectivity index (χ0v) is 14.6. The largest absolute Gasteiger partial charge is 0.662 e. The summed E-state index contributed by atoms with van der Waals surface area (Å²) in [6.45, 7) is 9.08. The molecule has 2 rings (SSSR count). The van der Waals surface area contributed by atoms with E-state index >= 15 is 0 Å². The van der Waals surface area contributed by atoms with Gasteiger partial charge in [0.1, 0.15) is 0 Å². The van der Waals surface area contributed by atoms with Crippen LogP contribution in [-0.4, -0.2) is 13.1 Å². The third kappa shape index (κ3) is 7.88. The van der Waals surface area contributed by atoms with Crippen molar-refractivity contribution in [1.29, 1.82) is 0 Å². The van der Waals surface area contributed by atoms with Crippen LogP contribution in [-0.2, 0) is 51.3 Å². The fraction of sp³-hybridized carbons (Fsp3) is 0.846. The molecule has 0 aromatic carbocycles. The van der Waals surface area contributed by atoms with E-state index in [1.165, 1.54) is 45.1 Å². The van der Waals surface area contributed by atoms with Gasteiger partial charge in [-0.15, -0.1) is 13.1 Å². The number of nitrogens with zero attached hydrogens (tertiary/aromatic N) is 1. The van der Waals surface area contributed by atoms with Gasteiger partial charge in [0.25, 0.3) is 0 Å². The quantitative estimate of drug-likeness (QED) is 0.595. The van der Waals surface area contributed by atoms with Gasteiger partial charge in [-0.2, -0.15) is 0 Å². The molecular formula is C13H24NVY-3. The van der Waals surface area contributed by atoms with E-state index in [0.29, 0.717) is 0 Å². The van der Waals surface area contributed by atoms with Gasteiger partial charge < -0.3 is 25.6 Å². The molecule has 2 unspecified atom stereocenters. The molecule has 1 aliphatic heterocycles. The first-order valence-corrected chi connectivity index (χ1v) is 6.10. The zero-order valence-electron chi connectivity index (χ0n) is 10.4. The van der Waals surface area contributed by atoms with Crippen LogP contribution in [0.3, 0.4) is 0 Å². The zero-order chi connectivity index (χ0) is 10.2. The van der Waals surface area contributed by atoms with E-state index < -0.39 is 0 Å². The molecule has 2 atom stereocenters. The molecule has 0 aromatic heterocycles. The van der Waals surface area contributed by atoms with Crippen LogP contribution >= 0.6 is 0 Å². The first-order valence-electron chi connectivity index (χ1n) is 6.10. The van der Waals surface area contributed by atoms with E-state index in [1.807, 2.05) is 0 Å². The minimum Gasteiger partial charge on any atom is -0.662 e. The molecule has 0 spiro atoms. The van der Waals surface area contributed by atoms with Gasteiger partial charge in [0, 0.05) is 51.3 Å². The van der Waals surface area contributed by atoms with E-state index in [2.05, 4.69) is 19.2 Å². The molecule has 1 heterocycles. The van der Waals surface area contributed by atoms with Crippen LogP contribution in [0.25, 0.3) is 5.32 Å². The number of hydrogen-bond acceptors (Lipinski definition) is 0. The first-order chi connectivity index (χ1) is 6.88. The molecule has 2 fully saturated rings. The predicted octanol–water partition coefficient (Wildman–Crippen LogP) is 4.00. The van der Waals surface area contributed by atoms with Crippen LogP contribution in [0.5, 0.6) is 0 Å². The molecular weight excluding hydrogens is 310 g/mol. The summed E-state index contributed by atoms with van der Waals surface area (Å²) < 4.78 is 0. The third-order valence-corrected chi connectivity index (χ3v) is 3.32. The summed E-state index contributed by atoms with van der Waals surface area (Å²) in [5.74, 6) is 2.03. The fourth-order valence-electron chi connectivity index (χ4n) is 2.63. The van der Waals surface area contributed by atoms with Gasteiger partial charge in [0.2, 0.25) is 0 Å². The SMILES string of the molecule is C1CCC2C[N-]CCCC2C1.[CH2-]C[CH2-].[V].[Y]. The van der Waals surface area contributed by atoms with Gasteiger partial charge in [-0.3, -0.25) is 0 Å². The van der Waals surface area contributed by atoms with E-state index in [9.17, 15) is 0 Å². The topological polar surface area (TPSA) is 14.1 Å². The van der Waals surface area contributed by atoms with Crippen molar-refractivity contribution in [2.45, 2.75) is 44.9 Å². The molecule has 1 saturated carbocycles. The Bertz CT molecular complexity index is 130. The van der Waals surface area contributed by atoms with Crippen molar-refractivity contribution in [3.8, 4) is 0 Å². The maximum absolute atomic E-state index is 4.56. The van der Waals surface area contributed by atoms with Gasteiger partial charge in [-0.05, 0) is 5.92 Å². The maximum Gasteiger partial charge on any atom is 0 e. The van der Waals surface area contributed by atoms with Crippen molar-refractivity contribution in [2.75, 3.05) is 13.1 Å². The summed E-state index contributed by atoms with van der Waals surface area (Å²) in [6, 6.07) is 0. The van der Waals surface area contributed by atoms with Crippen molar-refractivity contribution < 1.29 is 51.3 Å². The fourth-order valence-corrected chi connectivity index (χ4v) is 2.63. The molecule has 1 aliphatic carbocycles. The minimum absolute atomic E-state index is 0. The van der Waals surface area contributed by atoms with Crippen molar-refractivity contribution >= 4 is 0 Å². The molecule has 0 amide bonds. The molecule has 3 heteroatoms. The predicted molar refractivity (Wildman–Crippen MR) is 63.1 cm³/mol. The normalized spacial score (nSPS) is 28.1. The van der Waals surface area contributed by atoms with Gasteiger partial charge >= 0.3 is 0 Å². The summed E-state index contributed by atoms with van der Waals surface area (Å²) in [4.78, 5) is 0. The Labute approximate surface area is 139 Å². The monoisotopic (exact) mass is 334 g/mol. The average molecular weight is 334 g/mol. The second kappa shape index (κ2) is 13.1. The Hall–Kier alpha value is 1.65. The summed E-state index contributed by atoms with van der Waals surface area (Å²) in [7, 11) is 0. The Morgan fingerprint density at radius 3 is 2.06 bits per heavy atom. The van der Waals surface area contributed by atoms with Crippen molar-refractivity contribution in [2.24, 2.45) is 11.8 Å². The van der Waals surface area contributed by atoms with Gasteiger partial charge in [0.05, 0.1) is 0 Å². The van der Waals surface area contributed by atoms with Crippen LogP contribution in [0.1, 0.15) is 44.9 Å². The van der Waals surface area contributed by atoms with Crippen LogP contribution in [0.15, 0.2) is 0 Å². The van der Waals surface area contributed by atoms with Crippen LogP contribution in [0, 0.1) is 25.7 Å². The minimum atomic E-state index is 0. The molecule has 2 radical (unpaired) electrons. The van der Waals surface area contributed by atoms with Crippen molar-refractivity contribution in [3.63, 3.8) is 0 Å². The first kappa shape index (κ1) is 20.0. The number of hydrogen-bond donors (Lipinski definition) is 0. The van der Waals surface area contributed by atoms with Crippen molar-refractivity contribution in [3.05, 3.63) is 19.2 Å². The Morgan fingerprint density at radius 2 is 1.44 bits per heavy atom. The summed E-state index contributed by atoms with van der Waals surface area (Å²) in [6.07, 6.45) is 9.50. The van der Waals surface area contributed by atoms with E-state index in [1.54, 1.807) is 0 Å². The third-order valence-electron chi connectivity index (χ3n) is 3.32. The van der Waals surface area contributed by atoms with Gasteiger partial charge in [-0.25, -0.2) is 0 Å². The Balaban J connectivity index is 0. The van der Waals surface area contributed by atoms with Gasteiger partial charge in [0.15, 0.2) is 0 Å². The second-order valence-corrected chi connectivity index (χ2v) is 4.43. The van der Waals surface area contributed by atoms with E-state index in [-0.39, 0.29) is 51.3 Å². The van der Waals surface area contributed by atoms with E-state index in [0.717, 1.165) is 24.8 Å². The smallest absolute Gasteiger partial charge is 0 e. The maximum atomic E-state index is 4.56. The van der Waals surface area contributed by atoms with Crippen LogP contribution < -0.4 is 0 Å². The number of rotatable bonds is 0. The van der Waals surface area contributed by atoms with Crippen LogP contribution in [0.2, 0.25) is 0 Å². The molecule has 1 saturated heterocycles. The second-order valence-electron chi connectivity index (χ2n) is 4.43. The molecule has 2 aliphatic rings. The number of fused-ring (bicyclic) bond motifs is 1. The van der Waals surface area contributed by atoms with Crippen molar-refractivity contribution in [1.82, 2.24) is 0 Å². The molecule has 0 aromatic rings. The Kier molecular flexibility index (Phi) is 16.3. The molecule has 0 N–H and O–H groups in total. The Morgan fingerprint density at radius 1 is 0.938 bits per heavy atom. The molecule has 16 heavy (non-hydrogen) atoms. The molecule has 0 bridgehead atoms. The average Bonchev–Trinajstić information content (AvgIpc) is 2.43. The summed E-state index contributed by atoms with van der Waals surface area (Å²) in [5, 5.41) is 4.56. The summed E-state index contributed by atoms with van der Waals surface area (Å²) in [5.41, 5.74) is 0. The van der Waals surface area contributed by atoms with Gasteiger partial charge in [-0.1, -0.05) is 44.4 Å². The summed E-state index contributed by atoms with van der Waals surface area (Å²) >= 11 is 0.